The molecule has 0 heterocycles. The molecule has 0 saturated heterocycles. The van der Waals surface area contributed by atoms with E-state index >= 15 is 0 Å². The van der Waals surface area contributed by atoms with Crippen LogP contribution in [0.5, 0.6) is 0 Å². The summed E-state index contributed by atoms with van der Waals surface area (Å²) in [5.41, 5.74) is 0. The molecule has 0 spiro atoms. The van der Waals surface area contributed by atoms with Gasteiger partial charge in [-0.25, -0.2) is 0 Å². The number of hydrogen-bond acceptors (Lipinski definition) is 2. The second-order valence-electron chi connectivity index (χ2n) is 8.96. The van der Waals surface area contributed by atoms with Crippen molar-refractivity contribution in [1.29, 1.82) is 0 Å². The number of nitrogens with zero attached hydrogens (tertiary/aromatic N) is 2. The summed E-state index contributed by atoms with van der Waals surface area (Å²) in [5.74, 6) is 1.29. The van der Waals surface area contributed by atoms with Gasteiger partial charge in [0.2, 0.25) is 11.8 Å². The highest BCUT2D eigenvalue weighted by Crippen LogP contribution is 2.26. The summed E-state index contributed by atoms with van der Waals surface area (Å²) in [4.78, 5) is 28.9. The van der Waals surface area contributed by atoms with E-state index < -0.39 is 0 Å². The van der Waals surface area contributed by atoms with Crippen molar-refractivity contribution in [2.45, 2.75) is 96.3 Å². The third-order valence-electron chi connectivity index (χ3n) is 6.65. The van der Waals surface area contributed by atoms with Crippen LogP contribution in [0, 0.1) is 11.8 Å². The van der Waals surface area contributed by atoms with Crippen LogP contribution in [0.2, 0.25) is 0 Å². The molecular weight excluding hydrogens is 336 g/mol. The van der Waals surface area contributed by atoms with E-state index in [0.29, 0.717) is 11.8 Å². The van der Waals surface area contributed by atoms with Crippen LogP contribution < -0.4 is 0 Å². The first-order chi connectivity index (χ1) is 13.1. The lowest BCUT2D eigenvalue weighted by atomic mass is 9.88. The Morgan fingerprint density at radius 2 is 0.926 bits per heavy atom. The largest absolute Gasteiger partial charge is 0.346 e. The number of carbonyl (C=O) groups excluding carboxylic acids is 2. The molecule has 2 fully saturated rings. The van der Waals surface area contributed by atoms with Crippen molar-refractivity contribution < 1.29 is 9.59 Å². The van der Waals surface area contributed by atoms with Crippen LogP contribution >= 0.6 is 0 Å². The van der Waals surface area contributed by atoms with Gasteiger partial charge in [0.25, 0.3) is 0 Å². The van der Waals surface area contributed by atoms with Crippen LogP contribution in [-0.2, 0) is 9.59 Å². The maximum absolute atomic E-state index is 12.6. The molecule has 0 bridgehead atoms. The Bertz CT molecular complexity index is 438. The SMILES string of the molecule is CN(CCCCCCN(C)C(=O)C1CCCCC1)C(=O)C1CCCCCC1. The Morgan fingerprint density at radius 3 is 1.30 bits per heavy atom. The predicted molar refractivity (Wildman–Crippen MR) is 112 cm³/mol. The second-order valence-corrected chi connectivity index (χ2v) is 8.96. The fourth-order valence-corrected chi connectivity index (χ4v) is 4.77. The molecule has 2 amide bonds. The van der Waals surface area contributed by atoms with Gasteiger partial charge < -0.3 is 9.80 Å². The quantitative estimate of drug-likeness (QED) is 0.418. The molecule has 0 aromatic carbocycles. The van der Waals surface area contributed by atoms with Crippen LogP contribution in [0.3, 0.4) is 0 Å². The highest BCUT2D eigenvalue weighted by atomic mass is 16.2. The van der Waals surface area contributed by atoms with E-state index in [4.69, 9.17) is 0 Å². The zero-order valence-corrected chi connectivity index (χ0v) is 17.9. The van der Waals surface area contributed by atoms with Crippen LogP contribution in [0.4, 0.5) is 0 Å². The fourth-order valence-electron chi connectivity index (χ4n) is 4.77. The van der Waals surface area contributed by atoms with Crippen molar-refractivity contribution in [2.75, 3.05) is 27.2 Å². The van der Waals surface area contributed by atoms with Gasteiger partial charge in [0.05, 0.1) is 0 Å². The molecule has 0 atom stereocenters. The van der Waals surface area contributed by atoms with Gasteiger partial charge >= 0.3 is 0 Å². The van der Waals surface area contributed by atoms with Crippen LogP contribution in [-0.4, -0.2) is 48.8 Å². The molecule has 27 heavy (non-hydrogen) atoms. The molecule has 4 heteroatoms. The van der Waals surface area contributed by atoms with Crippen molar-refractivity contribution in [3.63, 3.8) is 0 Å². The molecule has 156 valence electrons. The summed E-state index contributed by atoms with van der Waals surface area (Å²) >= 11 is 0. The van der Waals surface area contributed by atoms with Crippen LogP contribution in [0.25, 0.3) is 0 Å². The molecule has 0 aromatic heterocycles. The highest BCUT2D eigenvalue weighted by molar-refractivity contribution is 5.79. The first kappa shape index (κ1) is 22.2. The van der Waals surface area contributed by atoms with E-state index in [2.05, 4.69) is 0 Å². The topological polar surface area (TPSA) is 40.6 Å². The van der Waals surface area contributed by atoms with Crippen molar-refractivity contribution >= 4 is 11.8 Å². The molecular formula is C23H42N2O2. The van der Waals surface area contributed by atoms with Crippen LogP contribution in [0.15, 0.2) is 0 Å². The Kier molecular flexibility index (Phi) is 10.2. The Labute approximate surface area is 167 Å². The fraction of sp³-hybridized carbons (Fsp3) is 0.913. The van der Waals surface area contributed by atoms with Crippen LogP contribution in [0.1, 0.15) is 96.3 Å². The summed E-state index contributed by atoms with van der Waals surface area (Å²) in [6.45, 7) is 1.76. The zero-order chi connectivity index (χ0) is 19.5. The average molecular weight is 379 g/mol. The van der Waals surface area contributed by atoms with E-state index in [9.17, 15) is 9.59 Å². The molecule has 0 unspecified atom stereocenters. The monoisotopic (exact) mass is 378 g/mol. The molecule has 2 saturated carbocycles. The smallest absolute Gasteiger partial charge is 0.225 e. The molecule has 4 nitrogen and oxygen atoms in total. The minimum Gasteiger partial charge on any atom is -0.346 e. The minimum atomic E-state index is 0.275. The number of carbonyl (C=O) groups is 2. The zero-order valence-electron chi connectivity index (χ0n) is 17.9. The molecule has 0 aromatic rings. The Morgan fingerprint density at radius 1 is 0.593 bits per heavy atom. The summed E-state index contributed by atoms with van der Waals surface area (Å²) in [6.07, 6.45) is 17.6. The lowest BCUT2D eigenvalue weighted by molar-refractivity contribution is -0.135. The molecule has 0 aliphatic heterocycles. The van der Waals surface area contributed by atoms with Crippen molar-refractivity contribution in [3.8, 4) is 0 Å². The van der Waals surface area contributed by atoms with E-state index in [1.54, 1.807) is 0 Å². The van der Waals surface area contributed by atoms with E-state index in [-0.39, 0.29) is 11.8 Å². The lowest BCUT2D eigenvalue weighted by Gasteiger charge is -2.26. The summed E-state index contributed by atoms with van der Waals surface area (Å²) in [5, 5.41) is 0. The van der Waals surface area contributed by atoms with Gasteiger partial charge in [0.15, 0.2) is 0 Å². The summed E-state index contributed by atoms with van der Waals surface area (Å²) in [7, 11) is 3.94. The van der Waals surface area contributed by atoms with Gasteiger partial charge in [-0.15, -0.1) is 0 Å². The Balaban J connectivity index is 1.53. The Hall–Kier alpha value is -1.06. The lowest BCUT2D eigenvalue weighted by Crippen LogP contribution is -2.34. The third kappa shape index (κ3) is 7.83. The van der Waals surface area contributed by atoms with Gasteiger partial charge in [-0.2, -0.15) is 0 Å². The van der Waals surface area contributed by atoms with Crippen molar-refractivity contribution in [3.05, 3.63) is 0 Å². The van der Waals surface area contributed by atoms with Gasteiger partial charge in [-0.05, 0) is 38.5 Å². The van der Waals surface area contributed by atoms with Gasteiger partial charge in [-0.1, -0.05) is 57.8 Å². The number of unbranched alkanes of at least 4 members (excludes halogenated alkanes) is 3. The first-order valence-corrected chi connectivity index (χ1v) is 11.6. The van der Waals surface area contributed by atoms with E-state index in [0.717, 1.165) is 64.5 Å². The van der Waals surface area contributed by atoms with Gasteiger partial charge in [-0.3, -0.25) is 9.59 Å². The average Bonchev–Trinajstić information content (AvgIpc) is 2.99. The molecule has 2 rings (SSSR count). The second kappa shape index (κ2) is 12.4. The normalized spacial score (nSPS) is 19.5. The van der Waals surface area contributed by atoms with E-state index in [1.807, 2.05) is 23.9 Å². The maximum atomic E-state index is 12.6. The number of amides is 2. The van der Waals surface area contributed by atoms with Gasteiger partial charge in [0.1, 0.15) is 0 Å². The maximum Gasteiger partial charge on any atom is 0.225 e. The molecule has 0 N–H and O–H groups in total. The highest BCUT2D eigenvalue weighted by Gasteiger charge is 2.24. The first-order valence-electron chi connectivity index (χ1n) is 11.6. The van der Waals surface area contributed by atoms with Crippen molar-refractivity contribution in [2.24, 2.45) is 11.8 Å². The van der Waals surface area contributed by atoms with Crippen molar-refractivity contribution in [1.82, 2.24) is 9.80 Å². The number of hydrogen-bond donors (Lipinski definition) is 0. The summed E-state index contributed by atoms with van der Waals surface area (Å²) < 4.78 is 0. The summed E-state index contributed by atoms with van der Waals surface area (Å²) in [6, 6.07) is 0. The molecule has 2 aliphatic carbocycles. The third-order valence-corrected chi connectivity index (χ3v) is 6.65. The minimum absolute atomic E-state index is 0.275. The van der Waals surface area contributed by atoms with E-state index in [1.165, 1.54) is 44.9 Å². The molecule has 2 aliphatic rings. The molecule has 0 radical (unpaired) electrons. The van der Waals surface area contributed by atoms with Gasteiger partial charge in [0, 0.05) is 39.0 Å². The predicted octanol–water partition coefficient (Wildman–Crippen LogP) is 5.01. The standard InChI is InChI=1S/C23H42N2O2/c1-24(22(26)20-14-8-3-4-9-15-20)18-12-5-6-13-19-25(2)23(27)21-16-10-7-11-17-21/h20-21H,3-19H2,1-2H3. The number of rotatable bonds is 9.